The van der Waals surface area contributed by atoms with Gasteiger partial charge in [-0.2, -0.15) is 0 Å². The smallest absolute Gasteiger partial charge is 0.271 e. The zero-order valence-corrected chi connectivity index (χ0v) is 13.2. The Kier molecular flexibility index (Phi) is 4.12. The van der Waals surface area contributed by atoms with E-state index in [0.717, 1.165) is 16.9 Å². The van der Waals surface area contributed by atoms with Crippen LogP contribution >= 0.6 is 22.9 Å². The van der Waals surface area contributed by atoms with Gasteiger partial charge < -0.3 is 10.5 Å². The number of methoxy groups -OCH3 is 1. The Labute approximate surface area is 126 Å². The van der Waals surface area contributed by atoms with Gasteiger partial charge in [0.05, 0.1) is 22.8 Å². The summed E-state index contributed by atoms with van der Waals surface area (Å²) in [5, 5.41) is 0. The van der Waals surface area contributed by atoms with Crippen molar-refractivity contribution < 1.29 is 13.2 Å². The molecule has 0 saturated carbocycles. The number of hydrogen-bond donors (Lipinski definition) is 2. The van der Waals surface area contributed by atoms with Gasteiger partial charge in [-0.1, -0.05) is 11.6 Å². The minimum absolute atomic E-state index is 0.161. The highest BCUT2D eigenvalue weighted by atomic mass is 35.5. The molecule has 20 heavy (non-hydrogen) atoms. The van der Waals surface area contributed by atoms with Gasteiger partial charge in [0.15, 0.2) is 0 Å². The lowest BCUT2D eigenvalue weighted by Gasteiger charge is -2.09. The Morgan fingerprint density at radius 1 is 1.35 bits per heavy atom. The lowest BCUT2D eigenvalue weighted by Crippen LogP contribution is -2.11. The second-order valence-corrected chi connectivity index (χ2v) is 7.65. The van der Waals surface area contributed by atoms with Crippen molar-refractivity contribution in [3.05, 3.63) is 34.2 Å². The first kappa shape index (κ1) is 15.0. The number of sulfonamides is 1. The average Bonchev–Trinajstić information content (AvgIpc) is 2.70. The molecule has 0 radical (unpaired) electrons. The second kappa shape index (κ2) is 5.51. The van der Waals surface area contributed by atoms with Crippen LogP contribution in [-0.2, 0) is 10.0 Å². The van der Waals surface area contributed by atoms with Crippen LogP contribution < -0.4 is 15.2 Å². The molecule has 3 N–H and O–H groups in total. The predicted molar refractivity (Wildman–Crippen MR) is 82.3 cm³/mol. The lowest BCUT2D eigenvalue weighted by atomic mass is 10.2. The third-order valence-electron chi connectivity index (χ3n) is 2.58. The van der Waals surface area contributed by atoms with Crippen LogP contribution in [0.2, 0.25) is 4.34 Å². The van der Waals surface area contributed by atoms with Gasteiger partial charge in [0.25, 0.3) is 10.0 Å². The maximum absolute atomic E-state index is 12.2. The van der Waals surface area contributed by atoms with Crippen molar-refractivity contribution in [3.63, 3.8) is 0 Å². The van der Waals surface area contributed by atoms with Crippen LogP contribution in [0.5, 0.6) is 5.75 Å². The van der Waals surface area contributed by atoms with Crippen LogP contribution in [0.15, 0.2) is 28.5 Å². The molecule has 5 nitrogen and oxygen atoms in total. The zero-order chi connectivity index (χ0) is 14.9. The highest BCUT2D eigenvalue weighted by Crippen LogP contribution is 2.32. The van der Waals surface area contributed by atoms with Crippen molar-refractivity contribution in [1.82, 2.24) is 0 Å². The molecule has 0 fully saturated rings. The molecule has 0 amide bonds. The standard InChI is InChI=1S/C12H13ClN2O3S2/c1-7-5-11(19-12(7)13)20(16,17)15-8-3-4-10(18-2)9(14)6-8/h3-6,15H,14H2,1-2H3. The molecule has 1 heterocycles. The third-order valence-corrected chi connectivity index (χ3v) is 5.99. The van der Waals surface area contributed by atoms with Crippen molar-refractivity contribution >= 4 is 44.3 Å². The van der Waals surface area contributed by atoms with E-state index in [4.69, 9.17) is 22.1 Å². The molecule has 1 aromatic carbocycles. The number of aryl methyl sites for hydroxylation is 1. The number of hydrogen-bond acceptors (Lipinski definition) is 5. The van der Waals surface area contributed by atoms with E-state index >= 15 is 0 Å². The van der Waals surface area contributed by atoms with E-state index in [1.54, 1.807) is 19.1 Å². The Morgan fingerprint density at radius 3 is 2.55 bits per heavy atom. The summed E-state index contributed by atoms with van der Waals surface area (Å²) in [6.07, 6.45) is 0. The largest absolute Gasteiger partial charge is 0.495 e. The first-order valence-electron chi connectivity index (χ1n) is 5.56. The van der Waals surface area contributed by atoms with E-state index < -0.39 is 10.0 Å². The van der Waals surface area contributed by atoms with E-state index in [0.29, 0.717) is 21.5 Å². The number of benzene rings is 1. The highest BCUT2D eigenvalue weighted by Gasteiger charge is 2.19. The maximum Gasteiger partial charge on any atom is 0.271 e. The zero-order valence-electron chi connectivity index (χ0n) is 10.8. The Bertz CT molecular complexity index is 722. The number of halogens is 1. The number of rotatable bonds is 4. The molecule has 0 spiro atoms. The average molecular weight is 333 g/mol. The summed E-state index contributed by atoms with van der Waals surface area (Å²) < 4.78 is 32.5. The minimum atomic E-state index is -3.66. The van der Waals surface area contributed by atoms with Crippen molar-refractivity contribution in [2.24, 2.45) is 0 Å². The van der Waals surface area contributed by atoms with Gasteiger partial charge in [0.2, 0.25) is 0 Å². The molecule has 0 atom stereocenters. The van der Waals surface area contributed by atoms with Gasteiger partial charge in [-0.25, -0.2) is 8.42 Å². The van der Waals surface area contributed by atoms with Gasteiger partial charge >= 0.3 is 0 Å². The van der Waals surface area contributed by atoms with Crippen LogP contribution in [-0.4, -0.2) is 15.5 Å². The monoisotopic (exact) mass is 332 g/mol. The second-order valence-electron chi connectivity index (χ2n) is 4.08. The number of nitrogens with one attached hydrogen (secondary N) is 1. The minimum Gasteiger partial charge on any atom is -0.495 e. The van der Waals surface area contributed by atoms with Crippen molar-refractivity contribution in [2.75, 3.05) is 17.6 Å². The quantitative estimate of drug-likeness (QED) is 0.843. The molecular formula is C12H13ClN2O3S2. The number of anilines is 2. The molecule has 1 aromatic heterocycles. The first-order chi connectivity index (χ1) is 9.33. The summed E-state index contributed by atoms with van der Waals surface area (Å²) >= 11 is 6.90. The van der Waals surface area contributed by atoms with Crippen molar-refractivity contribution in [1.29, 1.82) is 0 Å². The van der Waals surface area contributed by atoms with Crippen LogP contribution in [0, 0.1) is 6.92 Å². The summed E-state index contributed by atoms with van der Waals surface area (Å²) in [5.41, 5.74) is 7.19. The molecule has 0 unspecified atom stereocenters. The molecule has 0 aliphatic carbocycles. The first-order valence-corrected chi connectivity index (χ1v) is 8.23. The summed E-state index contributed by atoms with van der Waals surface area (Å²) in [7, 11) is -2.17. The van der Waals surface area contributed by atoms with Crippen molar-refractivity contribution in [3.8, 4) is 5.75 Å². The molecule has 0 aliphatic rings. The van der Waals surface area contributed by atoms with Gasteiger partial charge in [-0.05, 0) is 36.8 Å². The molecule has 0 aliphatic heterocycles. The third kappa shape index (κ3) is 3.00. The Hall–Kier alpha value is -1.44. The van der Waals surface area contributed by atoms with Gasteiger partial charge in [-0.15, -0.1) is 11.3 Å². The summed E-state index contributed by atoms with van der Waals surface area (Å²) in [5.74, 6) is 0.489. The summed E-state index contributed by atoms with van der Waals surface area (Å²) in [4.78, 5) is 0. The molecule has 2 rings (SSSR count). The topological polar surface area (TPSA) is 81.4 Å². The number of nitrogen functional groups attached to an aromatic ring is 1. The molecule has 0 bridgehead atoms. The van der Waals surface area contributed by atoms with Crippen LogP contribution in [0.25, 0.3) is 0 Å². The van der Waals surface area contributed by atoms with Gasteiger partial charge in [0.1, 0.15) is 9.96 Å². The fourth-order valence-electron chi connectivity index (χ4n) is 1.57. The van der Waals surface area contributed by atoms with Crippen LogP contribution in [0.3, 0.4) is 0 Å². The van der Waals surface area contributed by atoms with E-state index in [1.165, 1.54) is 19.2 Å². The number of ether oxygens (including phenoxy) is 1. The van der Waals surface area contributed by atoms with Crippen LogP contribution in [0.4, 0.5) is 11.4 Å². The molecular weight excluding hydrogens is 320 g/mol. The van der Waals surface area contributed by atoms with Crippen LogP contribution in [0.1, 0.15) is 5.56 Å². The Morgan fingerprint density at radius 2 is 2.05 bits per heavy atom. The summed E-state index contributed by atoms with van der Waals surface area (Å²) in [6.45, 7) is 1.75. The van der Waals surface area contributed by atoms with Gasteiger partial charge in [0, 0.05) is 0 Å². The fraction of sp³-hybridized carbons (Fsp3) is 0.167. The Balaban J connectivity index is 2.31. The van der Waals surface area contributed by atoms with E-state index in [2.05, 4.69) is 4.72 Å². The normalized spacial score (nSPS) is 11.3. The van der Waals surface area contributed by atoms with E-state index in [9.17, 15) is 8.42 Å². The summed E-state index contributed by atoms with van der Waals surface area (Å²) in [6, 6.07) is 6.20. The number of nitrogens with two attached hydrogens (primary N) is 1. The highest BCUT2D eigenvalue weighted by molar-refractivity contribution is 7.94. The van der Waals surface area contributed by atoms with E-state index in [-0.39, 0.29) is 4.21 Å². The number of thiophene rings is 1. The van der Waals surface area contributed by atoms with Crippen molar-refractivity contribution in [2.45, 2.75) is 11.1 Å². The maximum atomic E-state index is 12.2. The van der Waals surface area contributed by atoms with E-state index in [1.807, 2.05) is 0 Å². The lowest BCUT2D eigenvalue weighted by molar-refractivity contribution is 0.417. The molecule has 108 valence electrons. The van der Waals surface area contributed by atoms with Gasteiger partial charge in [-0.3, -0.25) is 4.72 Å². The SMILES string of the molecule is COc1ccc(NS(=O)(=O)c2cc(C)c(Cl)s2)cc1N. The molecule has 2 aromatic rings. The predicted octanol–water partition coefficient (Wildman–Crippen LogP) is 3.10. The molecule has 0 saturated heterocycles. The fourth-order valence-corrected chi connectivity index (χ4v) is 4.32. The molecule has 8 heteroatoms.